The Morgan fingerprint density at radius 2 is 1.31 bits per heavy atom. The van der Waals surface area contributed by atoms with E-state index < -0.39 is 11.0 Å². The third-order valence-electron chi connectivity index (χ3n) is 3.68. The van der Waals surface area contributed by atoms with Gasteiger partial charge in [0, 0.05) is 35.9 Å². The number of hydrogen-bond acceptors (Lipinski definition) is 9. The van der Waals surface area contributed by atoms with E-state index in [4.69, 9.17) is 40.4 Å². The number of carbonyl (C=O) groups is 1. The Morgan fingerprint density at radius 3 is 1.78 bits per heavy atom. The van der Waals surface area contributed by atoms with E-state index in [9.17, 15) is 14.9 Å². The molecule has 182 valence electrons. The lowest BCUT2D eigenvalue weighted by Gasteiger charge is -2.09. The van der Waals surface area contributed by atoms with Crippen LogP contribution in [0.2, 0.25) is 5.02 Å². The number of nitrogens with zero attached hydrogens (tertiary/aromatic N) is 1. The maximum absolute atomic E-state index is 10.8. The summed E-state index contributed by atoms with van der Waals surface area (Å²) in [5.74, 6) is 0. The molecule has 0 spiro atoms. The standard InChI is InChI=1S/C19H30ClN3O9/c20-16-13-17(15-18(14-16)23(26)27)21-1-3-28-5-7-30-9-11-32-12-10-31-8-6-29-4-2-22-19(24)25/h13-15,21-22H,1-12H2,(H,24,25). The molecular formula is C19H30ClN3O9. The average Bonchev–Trinajstić information content (AvgIpc) is 2.74. The Kier molecular flexibility index (Phi) is 16.0. The number of hydrogen-bond donors (Lipinski definition) is 3. The van der Waals surface area contributed by atoms with E-state index in [1.807, 2.05) is 0 Å². The number of benzene rings is 1. The summed E-state index contributed by atoms with van der Waals surface area (Å²) in [6.45, 7) is 4.83. The highest BCUT2D eigenvalue weighted by Crippen LogP contribution is 2.23. The molecule has 0 atom stereocenters. The summed E-state index contributed by atoms with van der Waals surface area (Å²) in [6.07, 6.45) is -1.07. The lowest BCUT2D eigenvalue weighted by Crippen LogP contribution is -2.25. The van der Waals surface area contributed by atoms with Crippen molar-refractivity contribution in [3.63, 3.8) is 0 Å². The fraction of sp³-hybridized carbons (Fsp3) is 0.632. The molecule has 0 aromatic heterocycles. The highest BCUT2D eigenvalue weighted by Gasteiger charge is 2.08. The predicted molar refractivity (Wildman–Crippen MR) is 117 cm³/mol. The molecule has 0 saturated carbocycles. The molecule has 0 aliphatic carbocycles. The van der Waals surface area contributed by atoms with Gasteiger partial charge in [0.15, 0.2) is 0 Å². The van der Waals surface area contributed by atoms with Gasteiger partial charge in [-0.15, -0.1) is 0 Å². The fourth-order valence-corrected chi connectivity index (χ4v) is 2.49. The first-order valence-electron chi connectivity index (χ1n) is 10.0. The molecule has 0 aliphatic heterocycles. The monoisotopic (exact) mass is 479 g/mol. The maximum atomic E-state index is 10.8. The van der Waals surface area contributed by atoms with E-state index >= 15 is 0 Å². The lowest BCUT2D eigenvalue weighted by molar-refractivity contribution is -0.384. The quantitative estimate of drug-likeness (QED) is 0.144. The average molecular weight is 480 g/mol. The molecular weight excluding hydrogens is 450 g/mol. The van der Waals surface area contributed by atoms with Gasteiger partial charge >= 0.3 is 6.09 Å². The van der Waals surface area contributed by atoms with Crippen molar-refractivity contribution in [3.8, 4) is 0 Å². The largest absolute Gasteiger partial charge is 0.465 e. The van der Waals surface area contributed by atoms with Gasteiger partial charge in [-0.2, -0.15) is 0 Å². The number of nitrogens with one attached hydrogen (secondary N) is 2. The Morgan fingerprint density at radius 1 is 0.844 bits per heavy atom. The summed E-state index contributed by atoms with van der Waals surface area (Å²) in [7, 11) is 0. The summed E-state index contributed by atoms with van der Waals surface area (Å²) in [5.41, 5.74) is 0.491. The molecule has 13 heteroatoms. The smallest absolute Gasteiger partial charge is 0.404 e. The SMILES string of the molecule is O=C(O)NCCOCCOCCOCCOCCOCCNc1cc(Cl)cc([N+](=O)[O-])c1. The van der Waals surface area contributed by atoms with Gasteiger partial charge in [-0.3, -0.25) is 10.1 Å². The molecule has 0 heterocycles. The van der Waals surface area contributed by atoms with Crippen molar-refractivity contribution in [1.82, 2.24) is 5.32 Å². The highest BCUT2D eigenvalue weighted by molar-refractivity contribution is 6.31. The summed E-state index contributed by atoms with van der Waals surface area (Å²) in [6, 6.07) is 4.32. The van der Waals surface area contributed by atoms with Crippen LogP contribution in [-0.4, -0.2) is 95.3 Å². The van der Waals surface area contributed by atoms with Crippen LogP contribution in [0.15, 0.2) is 18.2 Å². The fourth-order valence-electron chi connectivity index (χ4n) is 2.26. The van der Waals surface area contributed by atoms with E-state index in [1.165, 1.54) is 12.1 Å². The zero-order valence-corrected chi connectivity index (χ0v) is 18.5. The van der Waals surface area contributed by atoms with Crippen LogP contribution in [0.1, 0.15) is 0 Å². The summed E-state index contributed by atoms with van der Waals surface area (Å²) >= 11 is 5.86. The summed E-state index contributed by atoms with van der Waals surface area (Å²) in [5, 5.41) is 24.7. The first-order chi connectivity index (χ1) is 15.5. The molecule has 1 aromatic rings. The van der Waals surface area contributed by atoms with E-state index in [0.29, 0.717) is 83.3 Å². The van der Waals surface area contributed by atoms with Crippen LogP contribution in [-0.2, 0) is 23.7 Å². The summed E-state index contributed by atoms with van der Waals surface area (Å²) < 4.78 is 26.6. The van der Waals surface area contributed by atoms with Crippen LogP contribution in [0.4, 0.5) is 16.2 Å². The third kappa shape index (κ3) is 15.6. The van der Waals surface area contributed by atoms with Gasteiger partial charge in [0.25, 0.3) is 5.69 Å². The molecule has 0 unspecified atom stereocenters. The van der Waals surface area contributed by atoms with Crippen molar-refractivity contribution in [3.05, 3.63) is 33.3 Å². The van der Waals surface area contributed by atoms with Crippen molar-refractivity contribution in [1.29, 1.82) is 0 Å². The zero-order chi connectivity index (χ0) is 23.4. The molecule has 32 heavy (non-hydrogen) atoms. The lowest BCUT2D eigenvalue weighted by atomic mass is 10.3. The Hall–Kier alpha value is -2.22. The van der Waals surface area contributed by atoms with E-state index in [-0.39, 0.29) is 12.2 Å². The third-order valence-corrected chi connectivity index (χ3v) is 3.90. The highest BCUT2D eigenvalue weighted by atomic mass is 35.5. The Bertz CT molecular complexity index is 667. The van der Waals surface area contributed by atoms with Gasteiger partial charge in [-0.05, 0) is 6.07 Å². The van der Waals surface area contributed by atoms with Gasteiger partial charge in [0.05, 0.1) is 71.0 Å². The molecule has 12 nitrogen and oxygen atoms in total. The number of amides is 1. The molecule has 0 saturated heterocycles. The van der Waals surface area contributed by atoms with E-state index in [1.54, 1.807) is 6.07 Å². The van der Waals surface area contributed by atoms with E-state index in [2.05, 4.69) is 10.6 Å². The molecule has 0 bridgehead atoms. The predicted octanol–water partition coefficient (Wildman–Crippen LogP) is 2.01. The van der Waals surface area contributed by atoms with Crippen molar-refractivity contribution >= 4 is 29.1 Å². The Labute approximate surface area is 191 Å². The van der Waals surface area contributed by atoms with Crippen LogP contribution in [0.25, 0.3) is 0 Å². The number of ether oxygens (including phenoxy) is 5. The van der Waals surface area contributed by atoms with Crippen molar-refractivity contribution in [2.45, 2.75) is 0 Å². The van der Waals surface area contributed by atoms with Crippen LogP contribution in [0.5, 0.6) is 0 Å². The molecule has 0 aliphatic rings. The number of non-ortho nitro benzene ring substituents is 1. The number of anilines is 1. The molecule has 0 radical (unpaired) electrons. The molecule has 1 aromatic carbocycles. The first kappa shape index (κ1) is 27.8. The van der Waals surface area contributed by atoms with Crippen LogP contribution < -0.4 is 10.6 Å². The van der Waals surface area contributed by atoms with Gasteiger partial charge in [-0.1, -0.05) is 11.6 Å². The van der Waals surface area contributed by atoms with Crippen LogP contribution in [0, 0.1) is 10.1 Å². The second kappa shape index (κ2) is 18.4. The maximum Gasteiger partial charge on any atom is 0.404 e. The topological polar surface area (TPSA) is 151 Å². The molecule has 3 N–H and O–H groups in total. The van der Waals surface area contributed by atoms with Crippen LogP contribution >= 0.6 is 11.6 Å². The number of rotatable bonds is 20. The number of carboxylic acid groups (broad SMARTS) is 1. The Balaban J connectivity index is 1.82. The van der Waals surface area contributed by atoms with Crippen molar-refractivity contribution < 1.29 is 38.5 Å². The zero-order valence-electron chi connectivity index (χ0n) is 17.8. The number of nitro groups is 1. The minimum absolute atomic E-state index is 0.0696. The van der Waals surface area contributed by atoms with Crippen LogP contribution in [0.3, 0.4) is 0 Å². The molecule has 1 amide bonds. The second-order valence-corrected chi connectivity index (χ2v) is 6.61. The van der Waals surface area contributed by atoms with Gasteiger partial charge in [-0.25, -0.2) is 4.79 Å². The minimum Gasteiger partial charge on any atom is -0.465 e. The number of halogens is 1. The summed E-state index contributed by atoms with van der Waals surface area (Å²) in [4.78, 5) is 20.5. The normalized spacial score (nSPS) is 10.8. The van der Waals surface area contributed by atoms with E-state index in [0.717, 1.165) is 0 Å². The van der Waals surface area contributed by atoms with Crippen molar-refractivity contribution in [2.75, 3.05) is 84.5 Å². The van der Waals surface area contributed by atoms with Crippen molar-refractivity contribution in [2.24, 2.45) is 0 Å². The minimum atomic E-state index is -1.07. The first-order valence-corrected chi connectivity index (χ1v) is 10.4. The molecule has 0 fully saturated rings. The van der Waals surface area contributed by atoms with Gasteiger partial charge < -0.3 is 39.4 Å². The van der Waals surface area contributed by atoms with Gasteiger partial charge in [0.2, 0.25) is 0 Å². The van der Waals surface area contributed by atoms with Gasteiger partial charge in [0.1, 0.15) is 0 Å². The molecule has 1 rings (SSSR count). The second-order valence-electron chi connectivity index (χ2n) is 6.18. The number of nitro benzene ring substituents is 1.